The van der Waals surface area contributed by atoms with E-state index in [1.54, 1.807) is 13.8 Å². The van der Waals surface area contributed by atoms with Gasteiger partial charge >= 0.3 is 5.97 Å². The van der Waals surface area contributed by atoms with Crippen molar-refractivity contribution in [2.75, 3.05) is 12.3 Å². The summed E-state index contributed by atoms with van der Waals surface area (Å²) in [4.78, 5) is 31.5. The summed E-state index contributed by atoms with van der Waals surface area (Å²) in [5, 5.41) is 3.98. The van der Waals surface area contributed by atoms with Gasteiger partial charge in [-0.15, -0.1) is 0 Å². The molecule has 0 fully saturated rings. The van der Waals surface area contributed by atoms with E-state index in [9.17, 15) is 9.59 Å². The Kier molecular flexibility index (Phi) is 3.74. The summed E-state index contributed by atoms with van der Waals surface area (Å²) in [5.74, 6) is -1.18. The maximum atomic E-state index is 12.2. The van der Waals surface area contributed by atoms with Crippen molar-refractivity contribution in [2.45, 2.75) is 13.8 Å². The lowest BCUT2D eigenvalue weighted by Gasteiger charge is -2.03. The number of nitrogens with zero attached hydrogens (tertiary/aromatic N) is 4. The molecule has 0 saturated carbocycles. The van der Waals surface area contributed by atoms with Crippen LogP contribution in [0.15, 0.2) is 18.7 Å². The van der Waals surface area contributed by atoms with E-state index in [1.165, 1.54) is 18.7 Å². The monoisotopic (exact) mass is 275 g/mol. The number of hydrogen-bond acceptors (Lipinski definition) is 7. The lowest BCUT2D eigenvalue weighted by Crippen LogP contribution is -2.17. The van der Waals surface area contributed by atoms with Gasteiger partial charge in [0, 0.05) is 12.4 Å². The van der Waals surface area contributed by atoms with E-state index in [1.807, 2.05) is 0 Å². The Morgan fingerprint density at radius 3 is 2.60 bits per heavy atom. The highest BCUT2D eigenvalue weighted by Crippen LogP contribution is 2.18. The van der Waals surface area contributed by atoms with Crippen LogP contribution in [0, 0.1) is 6.92 Å². The van der Waals surface area contributed by atoms with Crippen LogP contribution < -0.4 is 5.73 Å². The van der Waals surface area contributed by atoms with Crippen LogP contribution in [0.2, 0.25) is 0 Å². The molecule has 2 rings (SSSR count). The van der Waals surface area contributed by atoms with Gasteiger partial charge in [0.25, 0.3) is 5.91 Å². The number of hydrogen-bond donors (Lipinski definition) is 1. The zero-order chi connectivity index (χ0) is 14.7. The van der Waals surface area contributed by atoms with E-state index in [4.69, 9.17) is 10.5 Å². The second kappa shape index (κ2) is 5.47. The first-order valence-electron chi connectivity index (χ1n) is 5.88. The van der Waals surface area contributed by atoms with Crippen molar-refractivity contribution in [1.82, 2.24) is 19.7 Å². The highest BCUT2D eigenvalue weighted by molar-refractivity contribution is 6.01. The number of rotatable bonds is 3. The number of aromatic nitrogens is 4. The van der Waals surface area contributed by atoms with Crippen LogP contribution >= 0.6 is 0 Å². The molecule has 0 aliphatic carbocycles. The van der Waals surface area contributed by atoms with Gasteiger partial charge in [-0.05, 0) is 13.8 Å². The summed E-state index contributed by atoms with van der Waals surface area (Å²) in [7, 11) is 0. The molecule has 0 spiro atoms. The largest absolute Gasteiger partial charge is 0.462 e. The molecule has 0 amide bonds. The summed E-state index contributed by atoms with van der Waals surface area (Å²) < 4.78 is 5.82. The third kappa shape index (κ3) is 2.35. The molecule has 2 aromatic rings. The maximum absolute atomic E-state index is 12.2. The number of anilines is 1. The third-order valence-electron chi connectivity index (χ3n) is 2.58. The average Bonchev–Trinajstić information content (AvgIpc) is 2.74. The van der Waals surface area contributed by atoms with Gasteiger partial charge in [-0.25, -0.2) is 14.8 Å². The molecule has 0 bridgehead atoms. The van der Waals surface area contributed by atoms with E-state index < -0.39 is 11.9 Å². The average molecular weight is 275 g/mol. The maximum Gasteiger partial charge on any atom is 0.343 e. The van der Waals surface area contributed by atoms with Crippen LogP contribution in [0.4, 0.5) is 5.82 Å². The number of aryl methyl sites for hydroxylation is 1. The molecule has 0 aliphatic heterocycles. The Hall–Kier alpha value is -2.77. The molecule has 0 atom stereocenters. The second-order valence-corrected chi connectivity index (χ2v) is 3.91. The Labute approximate surface area is 114 Å². The summed E-state index contributed by atoms with van der Waals surface area (Å²) in [6.45, 7) is 3.47. The fraction of sp³-hybridized carbons (Fsp3) is 0.250. The van der Waals surface area contributed by atoms with E-state index in [2.05, 4.69) is 15.1 Å². The van der Waals surface area contributed by atoms with Crippen molar-refractivity contribution in [3.63, 3.8) is 0 Å². The molecule has 0 unspecified atom stereocenters. The lowest BCUT2D eigenvalue weighted by molar-refractivity contribution is 0.0527. The standard InChI is InChI=1S/C12H13N5O3/c1-3-20-12(19)9-7(2)16-17(10(9)13)11(18)8-4-14-6-15-5-8/h4-6H,3,13H2,1-2H3. The van der Waals surface area contributed by atoms with Crippen molar-refractivity contribution < 1.29 is 14.3 Å². The molecule has 0 aromatic carbocycles. The van der Waals surface area contributed by atoms with Crippen LogP contribution in [-0.2, 0) is 4.74 Å². The zero-order valence-electron chi connectivity index (χ0n) is 11.0. The van der Waals surface area contributed by atoms with Crippen LogP contribution in [0.1, 0.15) is 33.3 Å². The second-order valence-electron chi connectivity index (χ2n) is 3.91. The third-order valence-corrected chi connectivity index (χ3v) is 2.58. The molecule has 8 nitrogen and oxygen atoms in total. The molecule has 104 valence electrons. The minimum absolute atomic E-state index is 0.0604. The van der Waals surface area contributed by atoms with Gasteiger partial charge < -0.3 is 10.5 Å². The molecule has 0 radical (unpaired) electrons. The first kappa shape index (κ1) is 13.7. The van der Waals surface area contributed by atoms with Crippen LogP contribution in [0.3, 0.4) is 0 Å². The van der Waals surface area contributed by atoms with Crippen molar-refractivity contribution in [2.24, 2.45) is 0 Å². The van der Waals surface area contributed by atoms with Gasteiger partial charge in [-0.3, -0.25) is 4.79 Å². The predicted molar refractivity (Wildman–Crippen MR) is 69.1 cm³/mol. The number of carbonyl (C=O) groups excluding carboxylic acids is 2. The summed E-state index contributed by atoms with van der Waals surface area (Å²) in [5.41, 5.74) is 6.45. The number of esters is 1. The van der Waals surface area contributed by atoms with Crippen molar-refractivity contribution in [1.29, 1.82) is 0 Å². The summed E-state index contributed by atoms with van der Waals surface area (Å²) in [6, 6.07) is 0. The topological polar surface area (TPSA) is 113 Å². The first-order valence-corrected chi connectivity index (χ1v) is 5.88. The molecule has 8 heteroatoms. The van der Waals surface area contributed by atoms with Gasteiger partial charge in [0.15, 0.2) is 0 Å². The van der Waals surface area contributed by atoms with Gasteiger partial charge in [0.1, 0.15) is 17.7 Å². The number of nitrogen functional groups attached to an aromatic ring is 1. The minimum atomic E-state index is -0.606. The van der Waals surface area contributed by atoms with Crippen LogP contribution in [0.25, 0.3) is 0 Å². The fourth-order valence-electron chi connectivity index (χ4n) is 1.69. The molecule has 2 aromatic heterocycles. The van der Waals surface area contributed by atoms with E-state index >= 15 is 0 Å². The fourth-order valence-corrected chi connectivity index (χ4v) is 1.69. The van der Waals surface area contributed by atoms with E-state index in [0.717, 1.165) is 4.68 Å². The van der Waals surface area contributed by atoms with Crippen LogP contribution in [-0.4, -0.2) is 38.2 Å². The van der Waals surface area contributed by atoms with Gasteiger partial charge in [0.2, 0.25) is 0 Å². The zero-order valence-corrected chi connectivity index (χ0v) is 11.0. The normalized spacial score (nSPS) is 10.3. The molecule has 2 heterocycles. The Bertz CT molecular complexity index is 651. The predicted octanol–water partition coefficient (Wildman–Crippen LogP) is 0.429. The summed E-state index contributed by atoms with van der Waals surface area (Å²) in [6.07, 6.45) is 3.99. The minimum Gasteiger partial charge on any atom is -0.462 e. The van der Waals surface area contributed by atoms with Crippen molar-refractivity contribution >= 4 is 17.7 Å². The molecule has 0 aliphatic rings. The number of carbonyl (C=O) groups is 2. The quantitative estimate of drug-likeness (QED) is 0.808. The molecule has 2 N–H and O–H groups in total. The highest BCUT2D eigenvalue weighted by Gasteiger charge is 2.24. The summed E-state index contributed by atoms with van der Waals surface area (Å²) >= 11 is 0. The van der Waals surface area contributed by atoms with Crippen LogP contribution in [0.5, 0.6) is 0 Å². The van der Waals surface area contributed by atoms with Gasteiger partial charge in [0.05, 0.1) is 17.9 Å². The molecule has 20 heavy (non-hydrogen) atoms. The molecule has 0 saturated heterocycles. The van der Waals surface area contributed by atoms with Gasteiger partial charge in [-0.1, -0.05) is 0 Å². The Morgan fingerprint density at radius 1 is 1.35 bits per heavy atom. The molecular weight excluding hydrogens is 262 g/mol. The smallest absolute Gasteiger partial charge is 0.343 e. The van der Waals surface area contributed by atoms with E-state index in [-0.39, 0.29) is 23.6 Å². The lowest BCUT2D eigenvalue weighted by atomic mass is 10.2. The molecular formula is C12H13N5O3. The van der Waals surface area contributed by atoms with Crippen molar-refractivity contribution in [3.05, 3.63) is 35.5 Å². The Morgan fingerprint density at radius 2 is 2.00 bits per heavy atom. The SMILES string of the molecule is CCOC(=O)c1c(C)nn(C(=O)c2cncnc2)c1N. The first-order chi connectivity index (χ1) is 9.56. The Balaban J connectivity index is 2.42. The van der Waals surface area contributed by atoms with Gasteiger partial charge in [-0.2, -0.15) is 9.78 Å². The number of ether oxygens (including phenoxy) is 1. The number of nitrogens with two attached hydrogens (primary N) is 1. The highest BCUT2D eigenvalue weighted by atomic mass is 16.5. The van der Waals surface area contributed by atoms with Crippen molar-refractivity contribution in [3.8, 4) is 0 Å². The van der Waals surface area contributed by atoms with E-state index in [0.29, 0.717) is 5.69 Å².